The maximum absolute atomic E-state index is 11.2. The van der Waals surface area contributed by atoms with E-state index in [1.165, 1.54) is 19.3 Å². The summed E-state index contributed by atoms with van der Waals surface area (Å²) in [7, 11) is 0. The zero-order valence-corrected chi connectivity index (χ0v) is 17.4. The van der Waals surface area contributed by atoms with Crippen LogP contribution in [0.15, 0.2) is 0 Å². The lowest BCUT2D eigenvalue weighted by Gasteiger charge is -2.54. The van der Waals surface area contributed by atoms with Gasteiger partial charge in [-0.05, 0) is 12.3 Å². The van der Waals surface area contributed by atoms with Crippen LogP contribution in [0.3, 0.4) is 0 Å². The Bertz CT molecular complexity index is 553. The Hall–Kier alpha value is -0.440. The van der Waals surface area contributed by atoms with Gasteiger partial charge in [-0.2, -0.15) is 0 Å². The highest BCUT2D eigenvalue weighted by Crippen LogP contribution is 2.39. The molecule has 2 heterocycles. The first-order valence-corrected chi connectivity index (χ1v) is 11.0. The van der Waals surface area contributed by atoms with Gasteiger partial charge in [-0.25, -0.2) is 0 Å². The minimum atomic E-state index is -2.56. The molecule has 0 aromatic carbocycles. The Morgan fingerprint density at radius 1 is 0.806 bits per heavy atom. The molecule has 3 fully saturated rings. The van der Waals surface area contributed by atoms with Gasteiger partial charge in [-0.3, -0.25) is 0 Å². The van der Waals surface area contributed by atoms with Crippen molar-refractivity contribution in [3.63, 3.8) is 0 Å². The number of hydrogen-bond donors (Lipinski definition) is 8. The van der Waals surface area contributed by atoms with E-state index in [1.54, 1.807) is 0 Å². The Morgan fingerprint density at radius 2 is 1.48 bits per heavy atom. The maximum Gasteiger partial charge on any atom is 0.186 e. The summed E-state index contributed by atoms with van der Waals surface area (Å²) in [5.41, 5.74) is -2.56. The zero-order chi connectivity index (χ0) is 22.8. The normalized spacial score (nSPS) is 47.4. The Balaban J connectivity index is 1.70. The molecule has 182 valence electrons. The third-order valence-corrected chi connectivity index (χ3v) is 6.94. The van der Waals surface area contributed by atoms with Crippen molar-refractivity contribution in [3.8, 4) is 0 Å². The van der Waals surface area contributed by atoms with Crippen LogP contribution in [0.2, 0.25) is 0 Å². The summed E-state index contributed by atoms with van der Waals surface area (Å²) in [6.07, 6.45) is -8.59. The third kappa shape index (κ3) is 4.92. The van der Waals surface area contributed by atoms with E-state index in [2.05, 4.69) is 0 Å². The molecule has 0 bridgehead atoms. The predicted octanol–water partition coefficient (Wildman–Crippen LogP) is -3.01. The quantitative estimate of drug-likeness (QED) is 0.196. The molecule has 2 saturated heterocycles. The molecular weight excluding hydrogens is 416 g/mol. The van der Waals surface area contributed by atoms with Crippen LogP contribution in [0.25, 0.3) is 0 Å². The fourth-order valence-electron chi connectivity index (χ4n) is 4.95. The Labute approximate surface area is 180 Å². The van der Waals surface area contributed by atoms with Crippen molar-refractivity contribution < 1.29 is 55.1 Å². The molecule has 8 N–H and O–H groups in total. The zero-order valence-electron chi connectivity index (χ0n) is 17.4. The lowest BCUT2D eigenvalue weighted by molar-refractivity contribution is -0.372. The maximum atomic E-state index is 11.2. The molecule has 0 spiro atoms. The average molecular weight is 452 g/mol. The molecule has 2 aliphatic heterocycles. The molecule has 0 amide bonds. The molecule has 1 aliphatic carbocycles. The molecule has 0 unspecified atom stereocenters. The van der Waals surface area contributed by atoms with Gasteiger partial charge in [-0.15, -0.1) is 0 Å². The topological polar surface area (TPSA) is 190 Å². The van der Waals surface area contributed by atoms with E-state index in [4.69, 9.17) is 14.2 Å². The summed E-state index contributed by atoms with van der Waals surface area (Å²) in [6.45, 7) is -1.30. The van der Waals surface area contributed by atoms with Crippen molar-refractivity contribution in [2.75, 3.05) is 19.8 Å². The van der Waals surface area contributed by atoms with E-state index >= 15 is 0 Å². The molecule has 3 rings (SSSR count). The van der Waals surface area contributed by atoms with Crippen molar-refractivity contribution in [3.05, 3.63) is 0 Å². The van der Waals surface area contributed by atoms with Gasteiger partial charge in [0.05, 0.1) is 19.8 Å². The van der Waals surface area contributed by atoms with E-state index < -0.39 is 73.9 Å². The van der Waals surface area contributed by atoms with Crippen molar-refractivity contribution >= 4 is 0 Å². The SMILES string of the molecule is OC[C@H]1O[C@@H]([C@]2(O)[C@H](O)[C@@H](O)[C@@H](OCCC3CCCCC3)O[C@@H]2CO)[C@H](O)[C@@H](O)[C@@H]1O. The molecule has 11 nitrogen and oxygen atoms in total. The Morgan fingerprint density at radius 3 is 2.10 bits per heavy atom. The van der Waals surface area contributed by atoms with Crippen LogP contribution in [-0.4, -0.2) is 121 Å². The summed E-state index contributed by atoms with van der Waals surface area (Å²) in [5, 5.41) is 82.0. The van der Waals surface area contributed by atoms with Crippen LogP contribution < -0.4 is 0 Å². The lowest BCUT2D eigenvalue weighted by Crippen LogP contribution is -2.77. The van der Waals surface area contributed by atoms with Gasteiger partial charge >= 0.3 is 0 Å². The summed E-state index contributed by atoms with van der Waals surface area (Å²) in [5.74, 6) is 0.513. The van der Waals surface area contributed by atoms with Crippen molar-refractivity contribution in [2.24, 2.45) is 5.92 Å². The van der Waals surface area contributed by atoms with E-state index in [1.807, 2.05) is 0 Å². The minimum Gasteiger partial charge on any atom is -0.394 e. The van der Waals surface area contributed by atoms with Crippen molar-refractivity contribution in [2.45, 2.75) is 99.2 Å². The van der Waals surface area contributed by atoms with Gasteiger partial charge in [0.2, 0.25) is 0 Å². The van der Waals surface area contributed by atoms with Gasteiger partial charge in [0.25, 0.3) is 0 Å². The van der Waals surface area contributed by atoms with Crippen LogP contribution >= 0.6 is 0 Å². The van der Waals surface area contributed by atoms with Crippen LogP contribution in [0.5, 0.6) is 0 Å². The molecule has 31 heavy (non-hydrogen) atoms. The van der Waals surface area contributed by atoms with Crippen molar-refractivity contribution in [1.29, 1.82) is 0 Å². The van der Waals surface area contributed by atoms with Crippen LogP contribution in [-0.2, 0) is 14.2 Å². The minimum absolute atomic E-state index is 0.260. The molecule has 0 aromatic rings. The largest absolute Gasteiger partial charge is 0.394 e. The van der Waals surface area contributed by atoms with E-state index in [9.17, 15) is 40.9 Å². The van der Waals surface area contributed by atoms with Gasteiger partial charge in [-0.1, -0.05) is 32.1 Å². The predicted molar refractivity (Wildman–Crippen MR) is 104 cm³/mol. The molecule has 0 aromatic heterocycles. The molecular formula is C20H36O11. The van der Waals surface area contributed by atoms with Gasteiger partial charge in [0, 0.05) is 0 Å². The van der Waals surface area contributed by atoms with Crippen LogP contribution in [0.1, 0.15) is 38.5 Å². The number of hydrogen-bond acceptors (Lipinski definition) is 11. The highest BCUT2D eigenvalue weighted by molar-refractivity contribution is 5.11. The van der Waals surface area contributed by atoms with Gasteiger partial charge in [0.15, 0.2) is 11.9 Å². The fourth-order valence-corrected chi connectivity index (χ4v) is 4.95. The second-order valence-corrected chi connectivity index (χ2v) is 8.91. The number of aliphatic hydroxyl groups is 8. The standard InChI is InChI=1S/C20H36O11/c21-8-11-13(23)14(24)15(25)18(30-11)20(28)12(9-22)31-19(16(26)17(20)27)29-7-6-10-4-2-1-3-5-10/h10-19,21-28H,1-9H2/t11-,12-,13-,14+,15-,16-,17-,18-,19+,20-/m1/s1. The monoisotopic (exact) mass is 452 g/mol. The molecule has 1 saturated carbocycles. The number of ether oxygens (including phenoxy) is 3. The smallest absolute Gasteiger partial charge is 0.186 e. The average Bonchev–Trinajstić information content (AvgIpc) is 2.78. The molecule has 3 aliphatic rings. The van der Waals surface area contributed by atoms with E-state index in [0.717, 1.165) is 19.3 Å². The first-order chi connectivity index (χ1) is 14.7. The summed E-state index contributed by atoms with van der Waals surface area (Å²) in [4.78, 5) is 0. The molecule has 11 heteroatoms. The number of rotatable bonds is 7. The molecule has 10 atom stereocenters. The first kappa shape index (κ1) is 25.2. The molecule has 0 radical (unpaired) electrons. The van der Waals surface area contributed by atoms with Gasteiger partial charge in [0.1, 0.15) is 48.8 Å². The summed E-state index contributed by atoms with van der Waals surface area (Å²) >= 11 is 0. The van der Waals surface area contributed by atoms with E-state index in [-0.39, 0.29) is 6.61 Å². The van der Waals surface area contributed by atoms with Gasteiger partial charge < -0.3 is 55.1 Å². The highest BCUT2D eigenvalue weighted by atomic mass is 16.7. The summed E-state index contributed by atoms with van der Waals surface area (Å²) < 4.78 is 16.5. The third-order valence-electron chi connectivity index (χ3n) is 6.94. The lowest BCUT2D eigenvalue weighted by atomic mass is 9.75. The Kier molecular flexibility index (Phi) is 8.66. The van der Waals surface area contributed by atoms with Crippen molar-refractivity contribution in [1.82, 2.24) is 0 Å². The van der Waals surface area contributed by atoms with Crippen LogP contribution in [0, 0.1) is 5.92 Å². The summed E-state index contributed by atoms with van der Waals surface area (Å²) in [6, 6.07) is 0. The fraction of sp³-hybridized carbons (Fsp3) is 1.00. The first-order valence-electron chi connectivity index (χ1n) is 11.0. The van der Waals surface area contributed by atoms with E-state index in [0.29, 0.717) is 5.92 Å². The van der Waals surface area contributed by atoms with Crippen LogP contribution in [0.4, 0.5) is 0 Å². The number of aliphatic hydroxyl groups excluding tert-OH is 7. The second-order valence-electron chi connectivity index (χ2n) is 8.91. The second kappa shape index (κ2) is 10.7. The highest BCUT2D eigenvalue weighted by Gasteiger charge is 2.64.